The summed E-state index contributed by atoms with van der Waals surface area (Å²) >= 11 is 0. The van der Waals surface area contributed by atoms with Crippen LogP contribution in [-0.2, 0) is 4.79 Å². The molecule has 0 radical (unpaired) electrons. The molecule has 0 heterocycles. The molecule has 80 valence electrons. The number of nitrogens with one attached hydrogen (secondary N) is 1. The largest absolute Gasteiger partial charge is 0.495 e. The Hall–Kier alpha value is -2.04. The molecule has 15 heavy (non-hydrogen) atoms. The van der Waals surface area contributed by atoms with Crippen LogP contribution in [0.2, 0.25) is 0 Å². The van der Waals surface area contributed by atoms with Gasteiger partial charge in [-0.3, -0.25) is 4.79 Å². The fourth-order valence-electron chi connectivity index (χ4n) is 1.13. The summed E-state index contributed by atoms with van der Waals surface area (Å²) < 4.78 is 4.97. The summed E-state index contributed by atoms with van der Waals surface area (Å²) in [6.45, 7) is 1.34. The number of carbonyl (C=O) groups is 2. The monoisotopic (exact) mass is 209 g/mol. The van der Waals surface area contributed by atoms with Gasteiger partial charge in [0.05, 0.1) is 18.4 Å². The van der Waals surface area contributed by atoms with Crippen molar-refractivity contribution in [3.05, 3.63) is 23.8 Å². The lowest BCUT2D eigenvalue weighted by Gasteiger charge is -2.09. The van der Waals surface area contributed by atoms with Crippen molar-refractivity contribution in [3.63, 3.8) is 0 Å². The average molecular weight is 209 g/mol. The highest BCUT2D eigenvalue weighted by molar-refractivity contribution is 5.94. The Labute approximate surface area is 86.7 Å². The van der Waals surface area contributed by atoms with Crippen molar-refractivity contribution in [2.24, 2.45) is 0 Å². The molecule has 0 bridgehead atoms. The second kappa shape index (κ2) is 4.45. The quantitative estimate of drug-likeness (QED) is 0.787. The fraction of sp³-hybridized carbons (Fsp3) is 0.200. The number of carboxylic acids is 1. The van der Waals surface area contributed by atoms with Gasteiger partial charge in [-0.15, -0.1) is 0 Å². The normalized spacial score (nSPS) is 9.47. The van der Waals surface area contributed by atoms with Gasteiger partial charge in [-0.2, -0.15) is 0 Å². The maximum Gasteiger partial charge on any atom is 0.335 e. The number of rotatable bonds is 3. The molecule has 0 aliphatic rings. The van der Waals surface area contributed by atoms with E-state index in [1.165, 1.54) is 32.2 Å². The first-order valence-electron chi connectivity index (χ1n) is 4.23. The molecule has 0 fully saturated rings. The highest BCUT2D eigenvalue weighted by Crippen LogP contribution is 2.25. The van der Waals surface area contributed by atoms with Crippen LogP contribution in [0.4, 0.5) is 5.69 Å². The standard InChI is InChI=1S/C10H11NO4/c1-6(12)11-8-5-7(10(13)14)3-4-9(8)15-2/h3-5H,1-2H3,(H,11,12)(H,13,14). The van der Waals surface area contributed by atoms with E-state index in [0.717, 1.165) is 0 Å². The van der Waals surface area contributed by atoms with Gasteiger partial charge in [-0.25, -0.2) is 4.79 Å². The molecule has 0 saturated carbocycles. The molecule has 1 rings (SSSR count). The molecular formula is C10H11NO4. The molecule has 5 nitrogen and oxygen atoms in total. The minimum Gasteiger partial charge on any atom is -0.495 e. The molecule has 0 aliphatic heterocycles. The molecule has 1 amide bonds. The molecule has 0 saturated heterocycles. The van der Waals surface area contributed by atoms with Crippen molar-refractivity contribution < 1.29 is 19.4 Å². The van der Waals surface area contributed by atoms with Gasteiger partial charge in [0.25, 0.3) is 0 Å². The fourth-order valence-corrected chi connectivity index (χ4v) is 1.13. The van der Waals surface area contributed by atoms with Crippen molar-refractivity contribution in [1.29, 1.82) is 0 Å². The van der Waals surface area contributed by atoms with Crippen LogP contribution in [0.3, 0.4) is 0 Å². The maximum absolute atomic E-state index is 10.8. The molecule has 0 atom stereocenters. The topological polar surface area (TPSA) is 75.6 Å². The lowest BCUT2D eigenvalue weighted by molar-refractivity contribution is -0.114. The number of amides is 1. The number of carboxylic acid groups (broad SMARTS) is 1. The number of anilines is 1. The highest BCUT2D eigenvalue weighted by Gasteiger charge is 2.09. The Morgan fingerprint density at radius 1 is 1.40 bits per heavy atom. The number of benzene rings is 1. The number of hydrogen-bond donors (Lipinski definition) is 2. The molecule has 0 spiro atoms. The average Bonchev–Trinajstić information content (AvgIpc) is 2.16. The minimum atomic E-state index is -1.05. The van der Waals surface area contributed by atoms with Crippen molar-refractivity contribution in [1.82, 2.24) is 0 Å². The van der Waals surface area contributed by atoms with Crippen LogP contribution in [0.5, 0.6) is 5.75 Å². The summed E-state index contributed by atoms with van der Waals surface area (Å²) in [5.74, 6) is -0.907. The van der Waals surface area contributed by atoms with Gasteiger partial charge in [0.15, 0.2) is 0 Å². The Balaban J connectivity index is 3.12. The van der Waals surface area contributed by atoms with Crippen LogP contribution in [0, 0.1) is 0 Å². The van der Waals surface area contributed by atoms with E-state index in [1.54, 1.807) is 0 Å². The van der Waals surface area contributed by atoms with Gasteiger partial charge in [0.2, 0.25) is 5.91 Å². The molecule has 5 heteroatoms. The van der Waals surface area contributed by atoms with E-state index >= 15 is 0 Å². The van der Waals surface area contributed by atoms with Crippen LogP contribution in [0.15, 0.2) is 18.2 Å². The van der Waals surface area contributed by atoms with Crippen molar-refractivity contribution in [2.75, 3.05) is 12.4 Å². The zero-order chi connectivity index (χ0) is 11.4. The Morgan fingerprint density at radius 3 is 2.53 bits per heavy atom. The van der Waals surface area contributed by atoms with E-state index in [2.05, 4.69) is 5.32 Å². The van der Waals surface area contributed by atoms with E-state index in [0.29, 0.717) is 11.4 Å². The highest BCUT2D eigenvalue weighted by atomic mass is 16.5. The molecule has 0 unspecified atom stereocenters. The summed E-state index contributed by atoms with van der Waals surface area (Å²) in [4.78, 5) is 21.5. The SMILES string of the molecule is COc1ccc(C(=O)O)cc1NC(C)=O. The van der Waals surface area contributed by atoms with E-state index in [1.807, 2.05) is 0 Å². The first kappa shape index (κ1) is 11.0. The van der Waals surface area contributed by atoms with Gasteiger partial charge in [-0.05, 0) is 18.2 Å². The molecule has 2 N–H and O–H groups in total. The summed E-state index contributed by atoms with van der Waals surface area (Å²) in [6.07, 6.45) is 0. The van der Waals surface area contributed by atoms with Gasteiger partial charge in [-0.1, -0.05) is 0 Å². The van der Waals surface area contributed by atoms with Crippen molar-refractivity contribution in [2.45, 2.75) is 6.92 Å². The molecule has 1 aromatic rings. The number of aromatic carboxylic acids is 1. The molecule has 0 aliphatic carbocycles. The first-order chi connectivity index (χ1) is 7.04. The van der Waals surface area contributed by atoms with E-state index in [9.17, 15) is 9.59 Å². The summed E-state index contributed by atoms with van der Waals surface area (Å²) in [6, 6.07) is 4.25. The second-order valence-electron chi connectivity index (χ2n) is 2.90. The second-order valence-corrected chi connectivity index (χ2v) is 2.90. The summed E-state index contributed by atoms with van der Waals surface area (Å²) in [5.41, 5.74) is 0.449. The van der Waals surface area contributed by atoms with Gasteiger partial charge >= 0.3 is 5.97 Å². The van der Waals surface area contributed by atoms with Crippen LogP contribution < -0.4 is 10.1 Å². The first-order valence-corrected chi connectivity index (χ1v) is 4.23. The van der Waals surface area contributed by atoms with E-state index < -0.39 is 5.97 Å². The maximum atomic E-state index is 10.8. The van der Waals surface area contributed by atoms with Gasteiger partial charge in [0.1, 0.15) is 5.75 Å². The third-order valence-electron chi connectivity index (χ3n) is 1.76. The minimum absolute atomic E-state index is 0.0968. The number of ether oxygens (including phenoxy) is 1. The third kappa shape index (κ3) is 2.70. The van der Waals surface area contributed by atoms with Crippen molar-refractivity contribution in [3.8, 4) is 5.75 Å². The zero-order valence-corrected chi connectivity index (χ0v) is 8.40. The van der Waals surface area contributed by atoms with Gasteiger partial charge in [0, 0.05) is 6.92 Å². The lowest BCUT2D eigenvalue weighted by atomic mass is 10.2. The Morgan fingerprint density at radius 2 is 2.07 bits per heavy atom. The van der Waals surface area contributed by atoms with E-state index in [-0.39, 0.29) is 11.5 Å². The van der Waals surface area contributed by atoms with Crippen LogP contribution in [0.1, 0.15) is 17.3 Å². The molecular weight excluding hydrogens is 198 g/mol. The van der Waals surface area contributed by atoms with Crippen LogP contribution in [0.25, 0.3) is 0 Å². The van der Waals surface area contributed by atoms with Crippen molar-refractivity contribution >= 4 is 17.6 Å². The molecule has 1 aromatic carbocycles. The number of methoxy groups -OCH3 is 1. The third-order valence-corrected chi connectivity index (χ3v) is 1.76. The van der Waals surface area contributed by atoms with Crippen LogP contribution >= 0.6 is 0 Å². The lowest BCUT2D eigenvalue weighted by Crippen LogP contribution is -2.08. The summed E-state index contributed by atoms with van der Waals surface area (Å²) in [7, 11) is 1.45. The van der Waals surface area contributed by atoms with E-state index in [4.69, 9.17) is 9.84 Å². The van der Waals surface area contributed by atoms with Gasteiger partial charge < -0.3 is 15.2 Å². The predicted octanol–water partition coefficient (Wildman–Crippen LogP) is 1.35. The smallest absolute Gasteiger partial charge is 0.335 e. The van der Waals surface area contributed by atoms with Crippen LogP contribution in [-0.4, -0.2) is 24.1 Å². The summed E-state index contributed by atoms with van der Waals surface area (Å²) in [5, 5.41) is 11.2. The number of carbonyl (C=O) groups excluding carboxylic acids is 1. The molecule has 0 aromatic heterocycles. The number of hydrogen-bond acceptors (Lipinski definition) is 3. The predicted molar refractivity (Wildman–Crippen MR) is 54.3 cm³/mol. The zero-order valence-electron chi connectivity index (χ0n) is 8.40. The Bertz CT molecular complexity index is 400. The Kier molecular flexibility index (Phi) is 3.28.